The molecule has 1 fully saturated rings. The molecule has 9 nitrogen and oxygen atoms in total. The molecule has 27 heavy (non-hydrogen) atoms. The number of piperidine rings is 1. The Morgan fingerprint density at radius 2 is 2.11 bits per heavy atom. The van der Waals surface area contributed by atoms with Crippen molar-refractivity contribution in [1.82, 2.24) is 30.6 Å². The van der Waals surface area contributed by atoms with Crippen LogP contribution in [0.2, 0.25) is 0 Å². The first kappa shape index (κ1) is 17.2. The monoisotopic (exact) mass is 367 g/mol. The number of hydrogen-bond donors (Lipinski definition) is 1. The molecule has 0 radical (unpaired) electrons. The molecule has 140 valence electrons. The van der Waals surface area contributed by atoms with E-state index in [1.165, 1.54) is 4.63 Å². The molecule has 4 rings (SSSR count). The topological polar surface area (TPSA) is 97.5 Å². The zero-order valence-corrected chi connectivity index (χ0v) is 15.1. The predicted octanol–water partition coefficient (Wildman–Crippen LogP) is 1.06. The molecule has 1 N–H and O–H groups in total. The summed E-state index contributed by atoms with van der Waals surface area (Å²) in [6.07, 6.45) is 1.81. The second kappa shape index (κ2) is 7.56. The van der Waals surface area contributed by atoms with Crippen molar-refractivity contribution in [2.75, 3.05) is 25.1 Å². The molecule has 9 heteroatoms. The van der Waals surface area contributed by atoms with E-state index in [0.717, 1.165) is 36.5 Å². The highest BCUT2D eigenvalue weighted by molar-refractivity contribution is 5.79. The Balaban J connectivity index is 1.37. The Bertz CT molecular complexity index is 925. The van der Waals surface area contributed by atoms with Gasteiger partial charge in [-0.15, -0.1) is 14.8 Å². The van der Waals surface area contributed by atoms with Crippen LogP contribution >= 0.6 is 0 Å². The van der Waals surface area contributed by atoms with Gasteiger partial charge in [-0.1, -0.05) is 12.1 Å². The number of benzene rings is 1. The Morgan fingerprint density at radius 1 is 1.26 bits per heavy atom. The van der Waals surface area contributed by atoms with E-state index in [4.69, 9.17) is 4.74 Å². The van der Waals surface area contributed by atoms with Crippen molar-refractivity contribution < 1.29 is 9.53 Å². The van der Waals surface area contributed by atoms with Crippen molar-refractivity contribution in [1.29, 1.82) is 0 Å². The fourth-order valence-electron chi connectivity index (χ4n) is 3.29. The van der Waals surface area contributed by atoms with E-state index in [2.05, 4.69) is 30.8 Å². The molecular weight excluding hydrogens is 346 g/mol. The van der Waals surface area contributed by atoms with Crippen LogP contribution in [-0.2, 0) is 11.3 Å². The first-order valence-electron chi connectivity index (χ1n) is 8.94. The number of hydrogen-bond acceptors (Lipinski definition) is 7. The predicted molar refractivity (Wildman–Crippen MR) is 98.4 cm³/mol. The van der Waals surface area contributed by atoms with Gasteiger partial charge in [0.15, 0.2) is 11.5 Å². The number of anilines is 1. The zero-order valence-electron chi connectivity index (χ0n) is 15.1. The van der Waals surface area contributed by atoms with Gasteiger partial charge in [0.05, 0.1) is 13.0 Å². The van der Waals surface area contributed by atoms with Crippen LogP contribution in [0.3, 0.4) is 0 Å². The minimum Gasteiger partial charge on any atom is -0.497 e. The maximum atomic E-state index is 12.6. The van der Waals surface area contributed by atoms with Crippen LogP contribution in [0.25, 0.3) is 5.65 Å². The fraction of sp³-hybridized carbons (Fsp3) is 0.389. The molecule has 1 aromatic carbocycles. The summed E-state index contributed by atoms with van der Waals surface area (Å²) in [5, 5.41) is 18.8. The molecule has 2 aromatic heterocycles. The third kappa shape index (κ3) is 3.81. The van der Waals surface area contributed by atoms with Gasteiger partial charge in [-0.2, -0.15) is 0 Å². The highest BCUT2D eigenvalue weighted by atomic mass is 16.5. The van der Waals surface area contributed by atoms with E-state index >= 15 is 0 Å². The van der Waals surface area contributed by atoms with Crippen LogP contribution in [0.5, 0.6) is 5.75 Å². The van der Waals surface area contributed by atoms with E-state index in [1.54, 1.807) is 7.11 Å². The number of carbonyl (C=O) groups excluding carboxylic acids is 1. The van der Waals surface area contributed by atoms with Crippen molar-refractivity contribution in [3.05, 3.63) is 42.0 Å². The van der Waals surface area contributed by atoms with E-state index in [0.29, 0.717) is 18.7 Å². The largest absolute Gasteiger partial charge is 0.497 e. The van der Waals surface area contributed by atoms with Crippen molar-refractivity contribution in [2.24, 2.45) is 5.92 Å². The number of amides is 1. The summed E-state index contributed by atoms with van der Waals surface area (Å²) in [6, 6.07) is 11.4. The lowest BCUT2D eigenvalue weighted by molar-refractivity contribution is -0.125. The molecule has 0 spiro atoms. The van der Waals surface area contributed by atoms with Gasteiger partial charge in [0.1, 0.15) is 5.75 Å². The lowest BCUT2D eigenvalue weighted by Gasteiger charge is -2.32. The van der Waals surface area contributed by atoms with Crippen molar-refractivity contribution >= 4 is 17.4 Å². The lowest BCUT2D eigenvalue weighted by Crippen LogP contribution is -2.43. The van der Waals surface area contributed by atoms with Gasteiger partial charge >= 0.3 is 0 Å². The molecule has 0 saturated carbocycles. The zero-order chi connectivity index (χ0) is 18.6. The molecule has 1 aliphatic heterocycles. The molecule has 0 aliphatic carbocycles. The summed E-state index contributed by atoms with van der Waals surface area (Å²) in [7, 11) is 1.64. The maximum Gasteiger partial charge on any atom is 0.225 e. The van der Waals surface area contributed by atoms with Gasteiger partial charge in [0.25, 0.3) is 0 Å². The highest BCUT2D eigenvalue weighted by Crippen LogP contribution is 2.22. The average molecular weight is 367 g/mol. The van der Waals surface area contributed by atoms with Gasteiger partial charge in [0, 0.05) is 19.6 Å². The minimum absolute atomic E-state index is 0.0663. The quantitative estimate of drug-likeness (QED) is 0.720. The third-order valence-corrected chi connectivity index (χ3v) is 4.80. The van der Waals surface area contributed by atoms with Crippen LogP contribution in [0, 0.1) is 5.92 Å². The summed E-state index contributed by atoms with van der Waals surface area (Å²) < 4.78 is 6.56. The summed E-state index contributed by atoms with van der Waals surface area (Å²) in [6.45, 7) is 2.01. The number of ether oxygens (including phenoxy) is 1. The molecule has 0 bridgehead atoms. The number of nitrogens with one attached hydrogen (secondary N) is 1. The van der Waals surface area contributed by atoms with Crippen molar-refractivity contribution in [2.45, 2.75) is 19.4 Å². The summed E-state index contributed by atoms with van der Waals surface area (Å²) >= 11 is 0. The van der Waals surface area contributed by atoms with E-state index in [1.807, 2.05) is 36.4 Å². The molecule has 3 aromatic rings. The molecule has 1 saturated heterocycles. The number of rotatable bonds is 5. The van der Waals surface area contributed by atoms with E-state index < -0.39 is 0 Å². The Hall–Kier alpha value is -3.23. The van der Waals surface area contributed by atoms with Gasteiger partial charge in [-0.25, -0.2) is 0 Å². The summed E-state index contributed by atoms with van der Waals surface area (Å²) in [5.74, 6) is 1.59. The van der Waals surface area contributed by atoms with Crippen LogP contribution in [-0.4, -0.2) is 51.4 Å². The van der Waals surface area contributed by atoms with E-state index in [-0.39, 0.29) is 11.8 Å². The van der Waals surface area contributed by atoms with Gasteiger partial charge in [-0.3, -0.25) is 4.79 Å². The molecular formula is C18H21N7O2. The lowest BCUT2D eigenvalue weighted by atomic mass is 9.97. The molecule has 1 unspecified atom stereocenters. The van der Waals surface area contributed by atoms with Gasteiger partial charge in [0.2, 0.25) is 5.91 Å². The SMILES string of the molecule is COc1ccc(CNC(=O)C2CCCN(c3ccc4nnnn4n3)C2)cc1. The number of nitrogens with zero attached hydrogens (tertiary/aromatic N) is 6. The first-order chi connectivity index (χ1) is 13.2. The maximum absolute atomic E-state index is 12.6. The van der Waals surface area contributed by atoms with Crippen LogP contribution in [0.1, 0.15) is 18.4 Å². The van der Waals surface area contributed by atoms with Crippen LogP contribution in [0.15, 0.2) is 36.4 Å². The Morgan fingerprint density at radius 3 is 2.93 bits per heavy atom. The Labute approximate surface area is 156 Å². The van der Waals surface area contributed by atoms with Gasteiger partial charge < -0.3 is 15.0 Å². The molecule has 1 amide bonds. The minimum atomic E-state index is -0.0663. The molecule has 3 heterocycles. The van der Waals surface area contributed by atoms with Crippen LogP contribution < -0.4 is 15.0 Å². The van der Waals surface area contributed by atoms with Crippen molar-refractivity contribution in [3.8, 4) is 5.75 Å². The Kier molecular flexibility index (Phi) is 4.82. The smallest absolute Gasteiger partial charge is 0.225 e. The van der Waals surface area contributed by atoms with Crippen LogP contribution in [0.4, 0.5) is 5.82 Å². The first-order valence-corrected chi connectivity index (χ1v) is 8.94. The number of methoxy groups -OCH3 is 1. The second-order valence-electron chi connectivity index (χ2n) is 6.57. The number of carbonyl (C=O) groups is 1. The standard InChI is InChI=1S/C18H21N7O2/c1-27-15-6-4-13(5-7-15)11-19-18(26)14-3-2-10-24(12-14)17-9-8-16-20-22-23-25(16)21-17/h4-9,14H,2-3,10-12H2,1H3,(H,19,26). The second-order valence-corrected chi connectivity index (χ2v) is 6.57. The molecule has 1 aliphatic rings. The highest BCUT2D eigenvalue weighted by Gasteiger charge is 2.26. The summed E-state index contributed by atoms with van der Waals surface area (Å²) in [5.41, 5.74) is 1.65. The average Bonchev–Trinajstić information content (AvgIpc) is 3.20. The number of aromatic nitrogens is 5. The number of fused-ring (bicyclic) bond motifs is 1. The third-order valence-electron chi connectivity index (χ3n) is 4.80. The van der Waals surface area contributed by atoms with E-state index in [9.17, 15) is 4.79 Å². The fourth-order valence-corrected chi connectivity index (χ4v) is 3.29. The number of tetrazole rings is 1. The molecule has 1 atom stereocenters. The normalized spacial score (nSPS) is 17.1. The summed E-state index contributed by atoms with van der Waals surface area (Å²) in [4.78, 5) is 14.7. The van der Waals surface area contributed by atoms with Gasteiger partial charge in [-0.05, 0) is 53.1 Å². The van der Waals surface area contributed by atoms with Crippen molar-refractivity contribution in [3.63, 3.8) is 0 Å².